The zero-order chi connectivity index (χ0) is 24.2. The number of hydrogen-bond acceptors (Lipinski definition) is 3. The Morgan fingerprint density at radius 1 is 0.727 bits per heavy atom. The molecule has 0 atom stereocenters. The summed E-state index contributed by atoms with van der Waals surface area (Å²) < 4.78 is 0. The van der Waals surface area contributed by atoms with Crippen LogP contribution in [0.15, 0.2) is 24.3 Å². The van der Waals surface area contributed by atoms with Crippen LogP contribution in [0.1, 0.15) is 111 Å². The molecule has 0 aromatic heterocycles. The Kier molecular flexibility index (Phi) is 17.3. The van der Waals surface area contributed by atoms with E-state index in [0.717, 1.165) is 13.0 Å². The first-order valence-electron chi connectivity index (χ1n) is 13.4. The third-order valence-corrected chi connectivity index (χ3v) is 5.93. The molecule has 0 aliphatic rings. The maximum absolute atomic E-state index is 12.1. The minimum atomic E-state index is -0.0812. The summed E-state index contributed by atoms with van der Waals surface area (Å²) in [5, 5.41) is 8.96. The average Bonchev–Trinajstić information content (AvgIpc) is 2.79. The van der Waals surface area contributed by atoms with Crippen LogP contribution in [0.3, 0.4) is 0 Å². The number of carbonyl (C=O) groups excluding carboxylic acids is 2. The maximum atomic E-state index is 12.1. The predicted octanol–water partition coefficient (Wildman–Crippen LogP) is 7.29. The normalized spacial score (nSPS) is 11.0. The lowest BCUT2D eigenvalue weighted by atomic mass is 10.0. The molecule has 0 spiro atoms. The van der Waals surface area contributed by atoms with Gasteiger partial charge in [-0.25, -0.2) is 0 Å². The second-order valence-corrected chi connectivity index (χ2v) is 9.55. The number of nitrogens with one attached hydrogen (secondary N) is 3. The van der Waals surface area contributed by atoms with Crippen LogP contribution in [-0.2, 0) is 9.59 Å². The van der Waals surface area contributed by atoms with Crippen molar-refractivity contribution in [3.05, 3.63) is 24.3 Å². The van der Waals surface area contributed by atoms with Crippen LogP contribution in [0.5, 0.6) is 0 Å². The van der Waals surface area contributed by atoms with Crippen LogP contribution in [0.2, 0.25) is 0 Å². The van der Waals surface area contributed by atoms with Crippen molar-refractivity contribution in [1.82, 2.24) is 5.32 Å². The van der Waals surface area contributed by atoms with Crippen LogP contribution in [0.25, 0.3) is 0 Å². The lowest BCUT2D eigenvalue weighted by molar-refractivity contribution is -0.119. The molecule has 33 heavy (non-hydrogen) atoms. The number of anilines is 2. The van der Waals surface area contributed by atoms with Gasteiger partial charge in [0.1, 0.15) is 0 Å². The zero-order valence-corrected chi connectivity index (χ0v) is 21.5. The molecule has 0 bridgehead atoms. The standard InChI is InChI=1S/C28H49N3O2/c1-4-5-6-7-8-9-10-11-12-13-14-15-16-17-21-29-23-27(32)30-25-19-18-20-26(22-25)31-28(33)24(2)3/h18-20,22,24,29H,4-17,21,23H2,1-3H3,(H,30,32)(H,31,33). The van der Waals surface area contributed by atoms with Crippen molar-refractivity contribution in [2.24, 2.45) is 5.92 Å². The third-order valence-electron chi connectivity index (χ3n) is 5.93. The first kappa shape index (κ1) is 29.2. The minimum Gasteiger partial charge on any atom is -0.326 e. The van der Waals surface area contributed by atoms with Crippen molar-refractivity contribution in [3.63, 3.8) is 0 Å². The van der Waals surface area contributed by atoms with Gasteiger partial charge in [-0.2, -0.15) is 0 Å². The number of amides is 2. The molecule has 0 saturated carbocycles. The molecule has 1 rings (SSSR count). The van der Waals surface area contributed by atoms with E-state index >= 15 is 0 Å². The number of benzene rings is 1. The first-order chi connectivity index (χ1) is 16.0. The summed E-state index contributed by atoms with van der Waals surface area (Å²) in [6.07, 6.45) is 18.9. The van der Waals surface area contributed by atoms with E-state index < -0.39 is 0 Å². The molecular weight excluding hydrogens is 410 g/mol. The molecule has 5 heteroatoms. The van der Waals surface area contributed by atoms with E-state index in [0.29, 0.717) is 17.9 Å². The molecule has 5 nitrogen and oxygen atoms in total. The summed E-state index contributed by atoms with van der Waals surface area (Å²) in [4.78, 5) is 24.0. The van der Waals surface area contributed by atoms with Gasteiger partial charge in [0.2, 0.25) is 11.8 Å². The summed E-state index contributed by atoms with van der Waals surface area (Å²) in [7, 11) is 0. The summed E-state index contributed by atoms with van der Waals surface area (Å²) in [6.45, 7) is 7.16. The highest BCUT2D eigenvalue weighted by Crippen LogP contribution is 2.16. The van der Waals surface area contributed by atoms with Gasteiger partial charge in [0.05, 0.1) is 6.54 Å². The van der Waals surface area contributed by atoms with Gasteiger partial charge in [-0.1, -0.05) is 110 Å². The number of rotatable bonds is 20. The number of carbonyl (C=O) groups is 2. The lowest BCUT2D eigenvalue weighted by Crippen LogP contribution is -2.28. The summed E-state index contributed by atoms with van der Waals surface area (Å²) in [5.41, 5.74) is 1.39. The van der Waals surface area contributed by atoms with E-state index in [9.17, 15) is 9.59 Å². The van der Waals surface area contributed by atoms with Gasteiger partial charge in [-0.15, -0.1) is 0 Å². The minimum absolute atomic E-state index is 0.0340. The van der Waals surface area contributed by atoms with Crippen LogP contribution in [0.4, 0.5) is 11.4 Å². The van der Waals surface area contributed by atoms with E-state index in [2.05, 4.69) is 22.9 Å². The molecule has 0 fully saturated rings. The molecule has 0 radical (unpaired) electrons. The quantitative estimate of drug-likeness (QED) is 0.179. The second kappa shape index (κ2) is 19.6. The number of hydrogen-bond donors (Lipinski definition) is 3. The fourth-order valence-corrected chi connectivity index (χ4v) is 3.81. The first-order valence-corrected chi connectivity index (χ1v) is 13.4. The fraction of sp³-hybridized carbons (Fsp3) is 0.714. The molecule has 1 aromatic rings. The van der Waals surface area contributed by atoms with Gasteiger partial charge >= 0.3 is 0 Å². The second-order valence-electron chi connectivity index (χ2n) is 9.55. The fourth-order valence-electron chi connectivity index (χ4n) is 3.81. The zero-order valence-electron chi connectivity index (χ0n) is 21.5. The largest absolute Gasteiger partial charge is 0.326 e. The Bertz CT molecular complexity index is 646. The smallest absolute Gasteiger partial charge is 0.238 e. The topological polar surface area (TPSA) is 70.2 Å². The van der Waals surface area contributed by atoms with Crippen molar-refractivity contribution >= 4 is 23.2 Å². The van der Waals surface area contributed by atoms with Gasteiger partial charge in [0.25, 0.3) is 0 Å². The maximum Gasteiger partial charge on any atom is 0.238 e. The van der Waals surface area contributed by atoms with E-state index in [1.165, 1.54) is 83.5 Å². The van der Waals surface area contributed by atoms with Crippen LogP contribution in [-0.4, -0.2) is 24.9 Å². The van der Waals surface area contributed by atoms with Crippen molar-refractivity contribution in [2.75, 3.05) is 23.7 Å². The molecule has 0 aliphatic carbocycles. The van der Waals surface area contributed by atoms with Gasteiger partial charge < -0.3 is 16.0 Å². The molecule has 1 aromatic carbocycles. The monoisotopic (exact) mass is 459 g/mol. The lowest BCUT2D eigenvalue weighted by Gasteiger charge is -2.10. The highest BCUT2D eigenvalue weighted by molar-refractivity contribution is 5.95. The Hall–Kier alpha value is -1.88. The molecule has 188 valence electrons. The highest BCUT2D eigenvalue weighted by atomic mass is 16.2. The van der Waals surface area contributed by atoms with E-state index in [4.69, 9.17) is 0 Å². The van der Waals surface area contributed by atoms with E-state index in [-0.39, 0.29) is 17.7 Å². The van der Waals surface area contributed by atoms with Gasteiger partial charge in [0.15, 0.2) is 0 Å². The van der Waals surface area contributed by atoms with Crippen molar-refractivity contribution in [1.29, 1.82) is 0 Å². The molecule has 0 unspecified atom stereocenters. The van der Waals surface area contributed by atoms with E-state index in [1.54, 1.807) is 6.07 Å². The Balaban J connectivity index is 1.96. The van der Waals surface area contributed by atoms with Gasteiger partial charge in [-0.3, -0.25) is 9.59 Å². The summed E-state index contributed by atoms with van der Waals surface area (Å²) in [5.74, 6) is -0.177. The Morgan fingerprint density at radius 3 is 1.73 bits per heavy atom. The summed E-state index contributed by atoms with van der Waals surface area (Å²) in [6, 6.07) is 7.26. The Labute approximate surface area is 202 Å². The molecule has 2 amide bonds. The van der Waals surface area contributed by atoms with Crippen molar-refractivity contribution in [2.45, 2.75) is 111 Å². The van der Waals surface area contributed by atoms with Gasteiger partial charge in [0, 0.05) is 17.3 Å². The van der Waals surface area contributed by atoms with Crippen LogP contribution >= 0.6 is 0 Å². The van der Waals surface area contributed by atoms with Crippen molar-refractivity contribution < 1.29 is 9.59 Å². The highest BCUT2D eigenvalue weighted by Gasteiger charge is 2.08. The third kappa shape index (κ3) is 16.4. The van der Waals surface area contributed by atoms with Gasteiger partial charge in [-0.05, 0) is 31.2 Å². The Morgan fingerprint density at radius 2 is 1.21 bits per heavy atom. The SMILES string of the molecule is CCCCCCCCCCCCCCCCNCC(=O)Nc1cccc(NC(=O)C(C)C)c1. The van der Waals surface area contributed by atoms with E-state index in [1.807, 2.05) is 32.0 Å². The molecular formula is C28H49N3O2. The van der Waals surface area contributed by atoms with Crippen LogP contribution < -0.4 is 16.0 Å². The van der Waals surface area contributed by atoms with Crippen LogP contribution in [0, 0.1) is 5.92 Å². The molecule has 0 aliphatic heterocycles. The predicted molar refractivity (Wildman–Crippen MR) is 142 cm³/mol. The van der Waals surface area contributed by atoms with Crippen molar-refractivity contribution in [3.8, 4) is 0 Å². The number of unbranched alkanes of at least 4 members (excludes halogenated alkanes) is 13. The summed E-state index contributed by atoms with van der Waals surface area (Å²) >= 11 is 0. The molecule has 3 N–H and O–H groups in total. The average molecular weight is 460 g/mol. The molecule has 0 saturated heterocycles. The molecule has 0 heterocycles.